The maximum absolute atomic E-state index is 10.9. The fraction of sp³-hybridized carbons (Fsp3) is 0.778. The smallest absolute Gasteiger partial charge is 0.428 e. The highest BCUT2D eigenvalue weighted by Crippen LogP contribution is 2.08. The first-order valence-electron chi connectivity index (χ1n) is 4.49. The molecule has 2 N–H and O–H groups in total. The van der Waals surface area contributed by atoms with Gasteiger partial charge in [-0.15, -0.1) is 0 Å². The van der Waals surface area contributed by atoms with Gasteiger partial charge in [0.25, 0.3) is 0 Å². The molecule has 5 heteroatoms. The van der Waals surface area contributed by atoms with Crippen molar-refractivity contribution in [1.29, 1.82) is 0 Å². The molecule has 0 spiro atoms. The molecule has 0 bridgehead atoms. The summed E-state index contributed by atoms with van der Waals surface area (Å²) < 4.78 is 9.15. The minimum absolute atomic E-state index is 0.135. The molecule has 82 valence electrons. The van der Waals surface area contributed by atoms with Crippen LogP contribution in [0, 0.1) is 0 Å². The summed E-state index contributed by atoms with van der Waals surface area (Å²) in [5.41, 5.74) is 4.54. The zero-order valence-corrected chi connectivity index (χ0v) is 8.83. The van der Waals surface area contributed by atoms with Crippen molar-refractivity contribution in [2.45, 2.75) is 39.2 Å². The number of esters is 1. The lowest BCUT2D eigenvalue weighted by Crippen LogP contribution is -2.26. The van der Waals surface area contributed by atoms with Crippen molar-refractivity contribution in [1.82, 2.24) is 0 Å². The second kappa shape index (κ2) is 5.59. The van der Waals surface area contributed by atoms with Crippen LogP contribution in [0.25, 0.3) is 0 Å². The molecule has 0 aliphatic heterocycles. The molecular weight excluding hydrogens is 186 g/mol. The summed E-state index contributed by atoms with van der Waals surface area (Å²) in [4.78, 5) is 21.9. The van der Waals surface area contributed by atoms with E-state index in [-0.39, 0.29) is 6.42 Å². The second-order valence-electron chi connectivity index (χ2n) is 3.83. The van der Waals surface area contributed by atoms with Crippen molar-refractivity contribution in [3.05, 3.63) is 0 Å². The molecule has 0 heterocycles. The minimum atomic E-state index is -0.959. The molecular formula is C9H17NO4. The van der Waals surface area contributed by atoms with Crippen LogP contribution in [0.3, 0.4) is 0 Å². The van der Waals surface area contributed by atoms with Gasteiger partial charge >= 0.3 is 12.1 Å². The fourth-order valence-electron chi connectivity index (χ4n) is 0.661. The Morgan fingerprint density at radius 3 is 2.29 bits per heavy atom. The Morgan fingerprint density at radius 1 is 1.29 bits per heavy atom. The van der Waals surface area contributed by atoms with Gasteiger partial charge in [-0.3, -0.25) is 4.79 Å². The monoisotopic (exact) mass is 203 g/mol. The molecule has 0 atom stereocenters. The third-order valence-electron chi connectivity index (χ3n) is 1.17. The van der Waals surface area contributed by atoms with Crippen LogP contribution in [0.1, 0.15) is 33.6 Å². The van der Waals surface area contributed by atoms with Crippen molar-refractivity contribution in [3.63, 3.8) is 0 Å². The van der Waals surface area contributed by atoms with Crippen LogP contribution in [0.4, 0.5) is 4.79 Å². The molecule has 0 aliphatic carbocycles. The van der Waals surface area contributed by atoms with Gasteiger partial charge in [-0.25, -0.2) is 4.79 Å². The Morgan fingerprint density at radius 2 is 1.86 bits per heavy atom. The molecule has 0 radical (unpaired) electrons. The zero-order chi connectivity index (χ0) is 11.2. The number of carbonyl (C=O) groups is 2. The van der Waals surface area contributed by atoms with Gasteiger partial charge in [-0.2, -0.15) is 0 Å². The molecule has 0 aliphatic rings. The van der Waals surface area contributed by atoms with Gasteiger partial charge in [0, 0.05) is 6.42 Å². The van der Waals surface area contributed by atoms with Crippen molar-refractivity contribution >= 4 is 12.1 Å². The standard InChI is InChI=1S/C9H17NO4/c1-9(2,3)14-8(12)13-7(11)5-4-6-10/h4-6,10H2,1-3H3. The Balaban J connectivity index is 3.78. The molecule has 0 fully saturated rings. The highest BCUT2D eigenvalue weighted by atomic mass is 16.7. The molecule has 5 nitrogen and oxygen atoms in total. The normalized spacial score (nSPS) is 10.9. The summed E-state index contributed by atoms with van der Waals surface area (Å²) in [5.74, 6) is -0.607. The van der Waals surface area contributed by atoms with E-state index in [1.807, 2.05) is 0 Å². The first-order chi connectivity index (χ1) is 6.35. The van der Waals surface area contributed by atoms with Gasteiger partial charge in [0.05, 0.1) is 0 Å². The number of hydrogen-bond donors (Lipinski definition) is 1. The van der Waals surface area contributed by atoms with Crippen LogP contribution in [0.2, 0.25) is 0 Å². The summed E-state index contributed by atoms with van der Waals surface area (Å²) in [6.45, 7) is 5.47. The van der Waals surface area contributed by atoms with Crippen molar-refractivity contribution in [2.75, 3.05) is 6.54 Å². The second-order valence-corrected chi connectivity index (χ2v) is 3.83. The number of nitrogens with two attached hydrogens (primary N) is 1. The fourth-order valence-corrected chi connectivity index (χ4v) is 0.661. The van der Waals surface area contributed by atoms with Gasteiger partial charge in [0.15, 0.2) is 0 Å². The van der Waals surface area contributed by atoms with Crippen LogP contribution < -0.4 is 5.73 Å². The van der Waals surface area contributed by atoms with Crippen molar-refractivity contribution in [2.24, 2.45) is 5.73 Å². The third kappa shape index (κ3) is 7.54. The Kier molecular flexibility index (Phi) is 5.15. The van der Waals surface area contributed by atoms with E-state index < -0.39 is 17.7 Å². The van der Waals surface area contributed by atoms with E-state index in [0.29, 0.717) is 13.0 Å². The summed E-state index contributed by atoms with van der Waals surface area (Å²) in [7, 11) is 0. The van der Waals surface area contributed by atoms with Gasteiger partial charge in [0.1, 0.15) is 5.60 Å². The maximum atomic E-state index is 10.9. The number of carbonyl (C=O) groups excluding carboxylic acids is 2. The van der Waals surface area contributed by atoms with E-state index in [2.05, 4.69) is 4.74 Å². The number of rotatable bonds is 3. The summed E-state index contributed by atoms with van der Waals surface area (Å²) in [6.07, 6.45) is -0.322. The zero-order valence-electron chi connectivity index (χ0n) is 8.83. The van der Waals surface area contributed by atoms with E-state index >= 15 is 0 Å². The van der Waals surface area contributed by atoms with Crippen molar-refractivity contribution < 1.29 is 19.1 Å². The lowest BCUT2D eigenvalue weighted by Gasteiger charge is -2.18. The van der Waals surface area contributed by atoms with Crippen LogP contribution in [-0.4, -0.2) is 24.3 Å². The van der Waals surface area contributed by atoms with Crippen LogP contribution >= 0.6 is 0 Å². The summed E-state index contributed by atoms with van der Waals surface area (Å²) in [6, 6.07) is 0. The molecule has 0 aromatic carbocycles. The predicted octanol–water partition coefficient (Wildman–Crippen LogP) is 1.20. The minimum Gasteiger partial charge on any atom is -0.428 e. The topological polar surface area (TPSA) is 78.6 Å². The highest BCUT2D eigenvalue weighted by Gasteiger charge is 2.19. The Hall–Kier alpha value is -1.10. The van der Waals surface area contributed by atoms with Gasteiger partial charge in [-0.1, -0.05) is 0 Å². The van der Waals surface area contributed by atoms with Gasteiger partial charge < -0.3 is 15.2 Å². The lowest BCUT2D eigenvalue weighted by molar-refractivity contribution is -0.141. The molecule has 0 unspecified atom stereocenters. The van der Waals surface area contributed by atoms with Crippen LogP contribution in [0.5, 0.6) is 0 Å². The SMILES string of the molecule is CC(C)(C)OC(=O)OC(=O)CCCN. The molecule has 0 saturated carbocycles. The Labute approximate surface area is 83.5 Å². The van der Waals surface area contributed by atoms with E-state index in [0.717, 1.165) is 0 Å². The van der Waals surface area contributed by atoms with E-state index in [9.17, 15) is 9.59 Å². The average Bonchev–Trinajstić information content (AvgIpc) is 1.96. The Bertz CT molecular complexity index is 207. The number of hydrogen-bond acceptors (Lipinski definition) is 5. The first kappa shape index (κ1) is 12.9. The van der Waals surface area contributed by atoms with Crippen LogP contribution in [-0.2, 0) is 14.3 Å². The molecule has 0 amide bonds. The predicted molar refractivity (Wildman–Crippen MR) is 50.6 cm³/mol. The summed E-state index contributed by atoms with van der Waals surface area (Å²) in [5, 5.41) is 0. The molecule has 0 aromatic heterocycles. The maximum Gasteiger partial charge on any atom is 0.516 e. The average molecular weight is 203 g/mol. The van der Waals surface area contributed by atoms with E-state index in [1.165, 1.54) is 0 Å². The number of ether oxygens (including phenoxy) is 2. The highest BCUT2D eigenvalue weighted by molar-refractivity contribution is 5.81. The molecule has 14 heavy (non-hydrogen) atoms. The third-order valence-corrected chi connectivity index (χ3v) is 1.17. The van der Waals surface area contributed by atoms with Crippen molar-refractivity contribution in [3.8, 4) is 0 Å². The van der Waals surface area contributed by atoms with E-state index in [1.54, 1.807) is 20.8 Å². The van der Waals surface area contributed by atoms with Gasteiger partial charge in [-0.05, 0) is 33.7 Å². The summed E-state index contributed by atoms with van der Waals surface area (Å²) >= 11 is 0. The lowest BCUT2D eigenvalue weighted by atomic mass is 10.2. The molecule has 0 rings (SSSR count). The molecule has 0 saturated heterocycles. The first-order valence-corrected chi connectivity index (χ1v) is 4.49. The quantitative estimate of drug-likeness (QED) is 0.550. The van der Waals surface area contributed by atoms with Gasteiger partial charge in [0.2, 0.25) is 0 Å². The molecule has 0 aromatic rings. The van der Waals surface area contributed by atoms with E-state index in [4.69, 9.17) is 10.5 Å². The largest absolute Gasteiger partial charge is 0.516 e. The van der Waals surface area contributed by atoms with Crippen LogP contribution in [0.15, 0.2) is 0 Å².